The highest BCUT2D eigenvalue weighted by Gasteiger charge is 2.29. The molecule has 0 aliphatic carbocycles. The first-order valence-corrected chi connectivity index (χ1v) is 7.88. The number of hydrogen-bond acceptors (Lipinski definition) is 3. The molecule has 5 nitrogen and oxygen atoms in total. The Morgan fingerprint density at radius 2 is 2.09 bits per heavy atom. The minimum Gasteiger partial charge on any atom is -0.459 e. The summed E-state index contributed by atoms with van der Waals surface area (Å²) in [6.07, 6.45) is 3.38. The summed E-state index contributed by atoms with van der Waals surface area (Å²) in [5, 5.41) is 2.76. The van der Waals surface area contributed by atoms with Gasteiger partial charge in [-0.3, -0.25) is 9.59 Å². The Labute approximate surface area is 135 Å². The summed E-state index contributed by atoms with van der Waals surface area (Å²) in [4.78, 5) is 26.1. The van der Waals surface area contributed by atoms with Crippen molar-refractivity contribution >= 4 is 17.5 Å². The maximum absolute atomic E-state index is 12.5. The molecule has 1 aliphatic rings. The Kier molecular flexibility index (Phi) is 4.46. The van der Waals surface area contributed by atoms with E-state index in [2.05, 4.69) is 18.3 Å². The van der Waals surface area contributed by atoms with Crippen molar-refractivity contribution in [3.63, 3.8) is 0 Å². The van der Waals surface area contributed by atoms with E-state index in [1.807, 2.05) is 23.1 Å². The largest absolute Gasteiger partial charge is 0.459 e. The van der Waals surface area contributed by atoms with Gasteiger partial charge >= 0.3 is 0 Å². The number of carbonyl (C=O) groups excluding carboxylic acids is 2. The third-order valence-electron chi connectivity index (χ3n) is 4.07. The van der Waals surface area contributed by atoms with Crippen LogP contribution in [0.5, 0.6) is 0 Å². The number of para-hydroxylation sites is 1. The maximum Gasteiger partial charge on any atom is 0.286 e. The normalized spacial score (nSPS) is 16.2. The highest BCUT2D eigenvalue weighted by molar-refractivity contribution is 5.96. The number of benzene rings is 1. The third-order valence-corrected chi connectivity index (χ3v) is 4.07. The van der Waals surface area contributed by atoms with Crippen LogP contribution in [-0.4, -0.2) is 24.4 Å². The highest BCUT2D eigenvalue weighted by Crippen LogP contribution is 2.32. The van der Waals surface area contributed by atoms with Crippen LogP contribution >= 0.6 is 0 Å². The molecule has 5 heteroatoms. The lowest BCUT2D eigenvalue weighted by atomic mass is 10.1. The summed E-state index contributed by atoms with van der Waals surface area (Å²) in [5.41, 5.74) is 2.24. The van der Waals surface area contributed by atoms with Crippen molar-refractivity contribution in [3.05, 3.63) is 54.0 Å². The number of fused-ring (bicyclic) bond motifs is 1. The lowest BCUT2D eigenvalue weighted by Gasteiger charge is -2.22. The van der Waals surface area contributed by atoms with Gasteiger partial charge in [0.05, 0.1) is 6.26 Å². The molecule has 0 spiro atoms. The molecule has 1 aromatic heterocycles. The van der Waals surface area contributed by atoms with Crippen LogP contribution < -0.4 is 10.2 Å². The maximum atomic E-state index is 12.5. The van der Waals surface area contributed by atoms with E-state index in [4.69, 9.17) is 4.42 Å². The zero-order chi connectivity index (χ0) is 16.2. The van der Waals surface area contributed by atoms with E-state index in [1.165, 1.54) is 11.8 Å². The first-order valence-electron chi connectivity index (χ1n) is 7.88. The summed E-state index contributed by atoms with van der Waals surface area (Å²) in [6, 6.07) is 11.5. The molecule has 1 N–H and O–H groups in total. The minimum absolute atomic E-state index is 0.106. The third kappa shape index (κ3) is 3.28. The minimum atomic E-state index is -0.248. The van der Waals surface area contributed by atoms with E-state index >= 15 is 0 Å². The van der Waals surface area contributed by atoms with Crippen molar-refractivity contribution in [1.82, 2.24) is 5.32 Å². The van der Waals surface area contributed by atoms with E-state index in [9.17, 15) is 9.59 Å². The van der Waals surface area contributed by atoms with Crippen molar-refractivity contribution < 1.29 is 14.0 Å². The van der Waals surface area contributed by atoms with E-state index in [-0.39, 0.29) is 17.9 Å². The topological polar surface area (TPSA) is 62.6 Å². The molecule has 1 atom stereocenters. The number of rotatable bonds is 5. The molecular weight excluding hydrogens is 292 g/mol. The van der Waals surface area contributed by atoms with Gasteiger partial charge in [0.25, 0.3) is 5.91 Å². The molecule has 1 unspecified atom stereocenters. The fraction of sp³-hybridized carbons (Fsp3) is 0.333. The molecule has 0 radical (unpaired) electrons. The van der Waals surface area contributed by atoms with E-state index < -0.39 is 0 Å². The van der Waals surface area contributed by atoms with Crippen molar-refractivity contribution in [1.29, 1.82) is 0 Å². The predicted octanol–water partition coefficient (Wildman–Crippen LogP) is 2.77. The SMILES string of the molecule is CC1Cc2ccccc2N1C(=O)CCCNC(=O)c1ccco1. The Morgan fingerprint density at radius 1 is 1.26 bits per heavy atom. The first-order chi connectivity index (χ1) is 11.2. The van der Waals surface area contributed by atoms with Gasteiger partial charge in [-0.05, 0) is 43.5 Å². The Balaban J connectivity index is 1.49. The van der Waals surface area contributed by atoms with Crippen molar-refractivity contribution in [3.8, 4) is 0 Å². The van der Waals surface area contributed by atoms with Gasteiger partial charge in [0.1, 0.15) is 0 Å². The lowest BCUT2D eigenvalue weighted by Crippen LogP contribution is -2.36. The van der Waals surface area contributed by atoms with Crippen molar-refractivity contribution in [2.75, 3.05) is 11.4 Å². The van der Waals surface area contributed by atoms with Gasteiger partial charge in [0, 0.05) is 24.7 Å². The van der Waals surface area contributed by atoms with E-state index in [0.29, 0.717) is 25.1 Å². The molecule has 2 aromatic rings. The molecule has 2 heterocycles. The predicted molar refractivity (Wildman–Crippen MR) is 87.4 cm³/mol. The standard InChI is InChI=1S/C18H20N2O3/c1-13-12-14-6-2-3-7-15(14)20(13)17(21)9-4-10-19-18(22)16-8-5-11-23-16/h2-3,5-8,11,13H,4,9-10,12H2,1H3,(H,19,22). The van der Waals surface area contributed by atoms with Gasteiger partial charge in [-0.1, -0.05) is 18.2 Å². The molecule has 3 rings (SSSR count). The molecule has 1 aromatic carbocycles. The molecular formula is C18H20N2O3. The number of hydrogen-bond donors (Lipinski definition) is 1. The van der Waals surface area contributed by atoms with Gasteiger partial charge in [0.2, 0.25) is 5.91 Å². The fourth-order valence-electron chi connectivity index (χ4n) is 3.00. The first kappa shape index (κ1) is 15.3. The summed E-state index contributed by atoms with van der Waals surface area (Å²) in [6.45, 7) is 2.52. The average Bonchev–Trinajstić information content (AvgIpc) is 3.17. The highest BCUT2D eigenvalue weighted by atomic mass is 16.3. The van der Waals surface area contributed by atoms with Gasteiger partial charge in [-0.15, -0.1) is 0 Å². The second-order valence-corrected chi connectivity index (χ2v) is 5.78. The number of nitrogens with one attached hydrogen (secondary N) is 1. The van der Waals surface area contributed by atoms with Crippen LogP contribution in [0, 0.1) is 0 Å². The Morgan fingerprint density at radius 3 is 2.87 bits per heavy atom. The van der Waals surface area contributed by atoms with E-state index in [1.54, 1.807) is 12.1 Å². The molecule has 2 amide bonds. The molecule has 0 saturated carbocycles. The van der Waals surface area contributed by atoms with Crippen LogP contribution in [0.2, 0.25) is 0 Å². The van der Waals surface area contributed by atoms with Crippen LogP contribution in [0.1, 0.15) is 35.9 Å². The summed E-state index contributed by atoms with van der Waals surface area (Å²) < 4.78 is 5.02. The summed E-state index contributed by atoms with van der Waals surface area (Å²) in [7, 11) is 0. The van der Waals surface area contributed by atoms with Crippen LogP contribution in [0.3, 0.4) is 0 Å². The van der Waals surface area contributed by atoms with Crippen LogP contribution in [0.25, 0.3) is 0 Å². The number of nitrogens with zero attached hydrogens (tertiary/aromatic N) is 1. The Hall–Kier alpha value is -2.56. The monoisotopic (exact) mass is 312 g/mol. The second kappa shape index (κ2) is 6.69. The molecule has 0 fully saturated rings. The van der Waals surface area contributed by atoms with Gasteiger partial charge < -0.3 is 14.6 Å². The lowest BCUT2D eigenvalue weighted by molar-refractivity contribution is -0.119. The van der Waals surface area contributed by atoms with Crippen LogP contribution in [0.4, 0.5) is 5.69 Å². The summed E-state index contributed by atoms with van der Waals surface area (Å²) in [5.74, 6) is 0.149. The smallest absolute Gasteiger partial charge is 0.286 e. The summed E-state index contributed by atoms with van der Waals surface area (Å²) >= 11 is 0. The zero-order valence-corrected chi connectivity index (χ0v) is 13.1. The van der Waals surface area contributed by atoms with Crippen LogP contribution in [0.15, 0.2) is 47.1 Å². The number of furan rings is 1. The van der Waals surface area contributed by atoms with Crippen molar-refractivity contribution in [2.45, 2.75) is 32.2 Å². The fourth-order valence-corrected chi connectivity index (χ4v) is 3.00. The van der Waals surface area contributed by atoms with Gasteiger partial charge in [0.15, 0.2) is 5.76 Å². The quantitative estimate of drug-likeness (QED) is 0.864. The van der Waals surface area contributed by atoms with Gasteiger partial charge in [-0.2, -0.15) is 0 Å². The molecule has 120 valence electrons. The second-order valence-electron chi connectivity index (χ2n) is 5.78. The number of carbonyl (C=O) groups is 2. The zero-order valence-electron chi connectivity index (χ0n) is 13.1. The number of anilines is 1. The number of amides is 2. The average molecular weight is 312 g/mol. The Bertz CT molecular complexity index is 694. The molecule has 0 bridgehead atoms. The molecule has 0 saturated heterocycles. The molecule has 23 heavy (non-hydrogen) atoms. The van der Waals surface area contributed by atoms with E-state index in [0.717, 1.165) is 12.1 Å². The van der Waals surface area contributed by atoms with Gasteiger partial charge in [-0.25, -0.2) is 0 Å². The molecule has 1 aliphatic heterocycles. The van der Waals surface area contributed by atoms with Crippen LogP contribution in [-0.2, 0) is 11.2 Å². The van der Waals surface area contributed by atoms with Crippen molar-refractivity contribution in [2.24, 2.45) is 0 Å².